The summed E-state index contributed by atoms with van der Waals surface area (Å²) >= 11 is 5.41. The Morgan fingerprint density at radius 2 is 2.00 bits per heavy atom. The summed E-state index contributed by atoms with van der Waals surface area (Å²) in [5.41, 5.74) is 4.78. The van der Waals surface area contributed by atoms with E-state index in [1.165, 1.54) is 11.1 Å². The number of fused-ring (bicyclic) bond motifs is 1. The molecule has 0 amide bonds. The average Bonchev–Trinajstić information content (AvgIpc) is 2.91. The number of benzene rings is 2. The van der Waals surface area contributed by atoms with Crippen LogP contribution in [-0.2, 0) is 0 Å². The van der Waals surface area contributed by atoms with Gasteiger partial charge in [-0.05, 0) is 30.2 Å². The maximum absolute atomic E-state index is 4.65. The fourth-order valence-electron chi connectivity index (χ4n) is 2.30. The van der Waals surface area contributed by atoms with Crippen molar-refractivity contribution in [1.82, 2.24) is 9.97 Å². The monoisotopic (exact) mass is 360 g/mol. The fourth-order valence-corrected chi connectivity index (χ4v) is 4.22. The van der Waals surface area contributed by atoms with Crippen molar-refractivity contribution in [3.63, 3.8) is 0 Å². The van der Waals surface area contributed by atoms with E-state index < -0.39 is 0 Å². The van der Waals surface area contributed by atoms with Crippen LogP contribution < -0.4 is 0 Å². The number of rotatable bonds is 5. The van der Waals surface area contributed by atoms with Crippen molar-refractivity contribution in [2.24, 2.45) is 0 Å². The molecule has 1 N–H and O–H groups in total. The molecule has 1 heterocycles. The number of alkyl halides is 1. The van der Waals surface area contributed by atoms with Gasteiger partial charge in [0, 0.05) is 17.0 Å². The van der Waals surface area contributed by atoms with Crippen LogP contribution in [0.3, 0.4) is 0 Å². The lowest BCUT2D eigenvalue weighted by atomic mass is 10.0. The molecule has 0 bridgehead atoms. The number of nitrogens with one attached hydrogen (secondary N) is 1. The van der Waals surface area contributed by atoms with Gasteiger partial charge in [-0.2, -0.15) is 0 Å². The zero-order valence-corrected chi connectivity index (χ0v) is 14.2. The van der Waals surface area contributed by atoms with E-state index in [1.807, 2.05) is 0 Å². The second-order valence-electron chi connectivity index (χ2n) is 5.14. The molecule has 1 atom stereocenters. The lowest BCUT2D eigenvalue weighted by Gasteiger charge is -2.12. The van der Waals surface area contributed by atoms with E-state index in [2.05, 4.69) is 81.4 Å². The second kappa shape index (κ2) is 6.67. The summed E-state index contributed by atoms with van der Waals surface area (Å²) in [6, 6.07) is 16.9. The van der Waals surface area contributed by atoms with E-state index in [0.29, 0.717) is 5.92 Å². The highest BCUT2D eigenvalue weighted by atomic mass is 79.9. The Labute approximate surface area is 137 Å². The first-order chi connectivity index (χ1) is 10.3. The number of hydrogen-bond donors (Lipinski definition) is 1. The molecule has 2 aromatic carbocycles. The number of nitrogens with zero attached hydrogens (tertiary/aromatic N) is 1. The minimum Gasteiger partial charge on any atom is -0.333 e. The Kier molecular flexibility index (Phi) is 4.66. The Bertz CT molecular complexity index is 724. The molecule has 0 saturated heterocycles. The van der Waals surface area contributed by atoms with Gasteiger partial charge in [-0.25, -0.2) is 4.98 Å². The number of hydrogen-bond acceptors (Lipinski definition) is 2. The lowest BCUT2D eigenvalue weighted by Crippen LogP contribution is -2.03. The van der Waals surface area contributed by atoms with Crippen LogP contribution in [0.4, 0.5) is 0 Å². The summed E-state index contributed by atoms with van der Waals surface area (Å²) in [7, 11) is 0. The molecule has 0 saturated carbocycles. The number of aromatic nitrogens is 2. The standard InChI is InChI=1S/C17H17BrN2S/c1-12-7-8-15-16(9-12)20-17(19-15)21-11-14(10-18)13-5-3-2-4-6-13/h2-9,14H,10-11H2,1H3,(H,19,20). The van der Waals surface area contributed by atoms with Crippen LogP contribution in [0.15, 0.2) is 53.7 Å². The first-order valence-corrected chi connectivity index (χ1v) is 9.07. The number of H-pyrrole nitrogens is 1. The van der Waals surface area contributed by atoms with Crippen LogP contribution in [0.2, 0.25) is 0 Å². The summed E-state index contributed by atoms with van der Waals surface area (Å²) in [6.07, 6.45) is 0. The summed E-state index contributed by atoms with van der Waals surface area (Å²) < 4.78 is 0. The van der Waals surface area contributed by atoms with Crippen molar-refractivity contribution in [1.29, 1.82) is 0 Å². The minimum absolute atomic E-state index is 0.492. The predicted octanol–water partition coefficient (Wildman–Crippen LogP) is 5.14. The first kappa shape index (κ1) is 14.7. The first-order valence-electron chi connectivity index (χ1n) is 6.96. The molecular formula is C17H17BrN2S. The van der Waals surface area contributed by atoms with Gasteiger partial charge < -0.3 is 4.98 Å². The largest absolute Gasteiger partial charge is 0.333 e. The van der Waals surface area contributed by atoms with Gasteiger partial charge in [0.2, 0.25) is 0 Å². The van der Waals surface area contributed by atoms with Crippen LogP contribution in [0, 0.1) is 6.92 Å². The molecule has 4 heteroatoms. The molecule has 0 fully saturated rings. The predicted molar refractivity (Wildman–Crippen MR) is 94.5 cm³/mol. The summed E-state index contributed by atoms with van der Waals surface area (Å²) in [5, 5.41) is 1.96. The topological polar surface area (TPSA) is 28.7 Å². The van der Waals surface area contributed by atoms with Gasteiger partial charge in [0.15, 0.2) is 5.16 Å². The number of aromatic amines is 1. The van der Waals surface area contributed by atoms with E-state index in [0.717, 1.165) is 27.3 Å². The van der Waals surface area contributed by atoms with E-state index in [4.69, 9.17) is 0 Å². The van der Waals surface area contributed by atoms with Crippen molar-refractivity contribution >= 4 is 38.7 Å². The van der Waals surface area contributed by atoms with E-state index in [9.17, 15) is 0 Å². The maximum atomic E-state index is 4.65. The molecule has 0 aliphatic rings. The Morgan fingerprint density at radius 1 is 1.19 bits per heavy atom. The third-order valence-electron chi connectivity index (χ3n) is 3.49. The van der Waals surface area contributed by atoms with Crippen LogP contribution in [0.25, 0.3) is 11.0 Å². The molecular weight excluding hydrogens is 344 g/mol. The third kappa shape index (κ3) is 3.50. The van der Waals surface area contributed by atoms with Gasteiger partial charge in [0.05, 0.1) is 11.0 Å². The molecule has 3 aromatic rings. The highest BCUT2D eigenvalue weighted by Gasteiger charge is 2.12. The number of thioether (sulfide) groups is 1. The summed E-state index contributed by atoms with van der Waals surface area (Å²) in [6.45, 7) is 2.10. The van der Waals surface area contributed by atoms with Crippen molar-refractivity contribution in [2.75, 3.05) is 11.1 Å². The molecule has 0 spiro atoms. The molecule has 21 heavy (non-hydrogen) atoms. The van der Waals surface area contributed by atoms with Crippen molar-refractivity contribution < 1.29 is 0 Å². The highest BCUT2D eigenvalue weighted by Crippen LogP contribution is 2.27. The van der Waals surface area contributed by atoms with E-state index >= 15 is 0 Å². The maximum Gasteiger partial charge on any atom is 0.166 e. The minimum atomic E-state index is 0.492. The van der Waals surface area contributed by atoms with E-state index in [-0.39, 0.29) is 0 Å². The Morgan fingerprint density at radius 3 is 2.76 bits per heavy atom. The van der Waals surface area contributed by atoms with Crippen molar-refractivity contribution in [3.8, 4) is 0 Å². The van der Waals surface area contributed by atoms with Crippen molar-refractivity contribution in [3.05, 3.63) is 59.7 Å². The molecule has 0 aliphatic carbocycles. The highest BCUT2D eigenvalue weighted by molar-refractivity contribution is 9.09. The van der Waals surface area contributed by atoms with Crippen LogP contribution in [-0.4, -0.2) is 21.1 Å². The summed E-state index contributed by atoms with van der Waals surface area (Å²) in [4.78, 5) is 8.05. The van der Waals surface area contributed by atoms with Gasteiger partial charge in [0.25, 0.3) is 0 Å². The SMILES string of the molecule is Cc1ccc2nc(SCC(CBr)c3ccccc3)[nH]c2c1. The third-order valence-corrected chi connectivity index (χ3v) is 5.31. The van der Waals surface area contributed by atoms with Crippen LogP contribution in [0.5, 0.6) is 0 Å². The normalized spacial score (nSPS) is 12.7. The van der Waals surface area contributed by atoms with Gasteiger partial charge in [0.1, 0.15) is 0 Å². The Balaban J connectivity index is 1.73. The zero-order chi connectivity index (χ0) is 14.7. The zero-order valence-electron chi connectivity index (χ0n) is 11.8. The Hall–Kier alpha value is -1.26. The van der Waals surface area contributed by atoms with Gasteiger partial charge in [-0.15, -0.1) is 0 Å². The van der Waals surface area contributed by atoms with Crippen LogP contribution in [0.1, 0.15) is 17.0 Å². The smallest absolute Gasteiger partial charge is 0.166 e. The molecule has 1 aromatic heterocycles. The number of imidazole rings is 1. The lowest BCUT2D eigenvalue weighted by molar-refractivity contribution is 0.897. The molecule has 0 radical (unpaired) electrons. The quantitative estimate of drug-likeness (QED) is 0.503. The van der Waals surface area contributed by atoms with E-state index in [1.54, 1.807) is 11.8 Å². The van der Waals surface area contributed by atoms with Gasteiger partial charge in [-0.1, -0.05) is 64.1 Å². The average molecular weight is 361 g/mol. The second-order valence-corrected chi connectivity index (χ2v) is 6.79. The molecule has 1 unspecified atom stereocenters. The van der Waals surface area contributed by atoms with Crippen LogP contribution >= 0.6 is 27.7 Å². The molecule has 108 valence electrons. The van der Waals surface area contributed by atoms with Gasteiger partial charge >= 0.3 is 0 Å². The molecule has 0 aliphatic heterocycles. The number of aryl methyl sites for hydroxylation is 1. The number of halogens is 1. The molecule has 3 rings (SSSR count). The fraction of sp³-hybridized carbons (Fsp3) is 0.235. The van der Waals surface area contributed by atoms with Gasteiger partial charge in [-0.3, -0.25) is 0 Å². The van der Waals surface area contributed by atoms with Crippen molar-refractivity contribution in [2.45, 2.75) is 18.0 Å². The summed E-state index contributed by atoms with van der Waals surface area (Å²) in [5.74, 6) is 1.50. The molecule has 2 nitrogen and oxygen atoms in total.